The summed E-state index contributed by atoms with van der Waals surface area (Å²) in [5.74, 6) is -0.777. The van der Waals surface area contributed by atoms with Crippen LogP contribution in [-0.4, -0.2) is 89.2 Å². The summed E-state index contributed by atoms with van der Waals surface area (Å²) in [4.78, 5) is 53.7. The van der Waals surface area contributed by atoms with Gasteiger partial charge >= 0.3 is 0 Å². The van der Waals surface area contributed by atoms with Crippen molar-refractivity contribution in [1.29, 1.82) is 0 Å². The first-order valence-corrected chi connectivity index (χ1v) is 20.5. The highest BCUT2D eigenvalue weighted by Crippen LogP contribution is 2.48. The molecule has 4 fully saturated rings. The third kappa shape index (κ3) is 7.25. The summed E-state index contributed by atoms with van der Waals surface area (Å²) in [5.41, 5.74) is 0.590. The van der Waals surface area contributed by atoms with Gasteiger partial charge in [-0.3, -0.25) is 19.1 Å². The molecule has 8 atom stereocenters. The maximum absolute atomic E-state index is 14.5. The van der Waals surface area contributed by atoms with E-state index < -0.39 is 56.2 Å². The number of rotatable bonds is 7. The molecule has 288 valence electrons. The van der Waals surface area contributed by atoms with Gasteiger partial charge in [0.1, 0.15) is 41.3 Å². The number of benzene rings is 1. The molecule has 14 nitrogen and oxygen atoms in total. The Labute approximate surface area is 311 Å². The zero-order chi connectivity index (χ0) is 37.9. The minimum absolute atomic E-state index is 0.0490. The molecule has 1 saturated heterocycles. The quantitative estimate of drug-likeness (QED) is 0.377. The fourth-order valence-electron chi connectivity index (χ4n) is 7.99. The summed E-state index contributed by atoms with van der Waals surface area (Å²) in [6, 6.07) is 3.66. The Hall–Kier alpha value is -4.14. The van der Waals surface area contributed by atoms with Crippen LogP contribution in [0.15, 0.2) is 30.7 Å². The van der Waals surface area contributed by atoms with E-state index in [0.717, 1.165) is 32.1 Å². The minimum atomic E-state index is -3.94. The van der Waals surface area contributed by atoms with Crippen molar-refractivity contribution >= 4 is 38.8 Å². The normalized spacial score (nSPS) is 32.4. The number of methoxy groups -OCH3 is 1. The largest absolute Gasteiger partial charge is 0.497 e. The van der Waals surface area contributed by atoms with Gasteiger partial charge in [-0.1, -0.05) is 33.1 Å². The molecule has 3 N–H and O–H groups in total. The van der Waals surface area contributed by atoms with Crippen LogP contribution < -0.4 is 24.8 Å². The van der Waals surface area contributed by atoms with Crippen LogP contribution in [0.25, 0.3) is 11.0 Å². The molecular formula is C38H52N6O8S. The number of aryl methyl sites for hydroxylation is 1. The molecule has 5 aliphatic rings. The number of aromatic nitrogens is 2. The minimum Gasteiger partial charge on any atom is -0.497 e. The lowest BCUT2D eigenvalue weighted by atomic mass is 9.98. The first-order valence-electron chi connectivity index (χ1n) is 19.0. The number of ether oxygens (including phenoxy) is 3. The molecule has 0 spiro atoms. The van der Waals surface area contributed by atoms with E-state index in [0.29, 0.717) is 72.3 Å². The second-order valence-corrected chi connectivity index (χ2v) is 18.2. The smallest absolute Gasteiger partial charge is 0.259 e. The van der Waals surface area contributed by atoms with Gasteiger partial charge in [-0.05, 0) is 89.3 Å². The molecule has 2 aromatic rings. The third-order valence-electron chi connectivity index (χ3n) is 12.1. The number of fused-ring (bicyclic) bond motifs is 5. The molecule has 3 heterocycles. The predicted molar refractivity (Wildman–Crippen MR) is 196 cm³/mol. The average Bonchev–Trinajstić information content (AvgIpc) is 4.07. The van der Waals surface area contributed by atoms with Crippen molar-refractivity contribution in [3.63, 3.8) is 0 Å². The fraction of sp³-hybridized carbons (Fsp3) is 0.658. The number of hydrogen-bond donors (Lipinski definition) is 3. The molecule has 2 aliphatic heterocycles. The molecule has 2 bridgehead atoms. The predicted octanol–water partition coefficient (Wildman–Crippen LogP) is 3.49. The highest BCUT2D eigenvalue weighted by molar-refractivity contribution is 7.91. The Morgan fingerprint density at radius 3 is 2.58 bits per heavy atom. The van der Waals surface area contributed by atoms with E-state index in [4.69, 9.17) is 24.2 Å². The Kier molecular flexibility index (Phi) is 9.77. The van der Waals surface area contributed by atoms with E-state index in [-0.39, 0.29) is 24.5 Å². The molecule has 1 aromatic carbocycles. The number of nitrogens with zero attached hydrogens (tertiary/aromatic N) is 3. The van der Waals surface area contributed by atoms with Crippen molar-refractivity contribution in [2.75, 3.05) is 13.7 Å². The van der Waals surface area contributed by atoms with Crippen LogP contribution >= 0.6 is 0 Å². The molecule has 15 heteroatoms. The van der Waals surface area contributed by atoms with E-state index in [1.54, 1.807) is 27.0 Å². The van der Waals surface area contributed by atoms with Crippen LogP contribution in [0.2, 0.25) is 0 Å². The Morgan fingerprint density at radius 1 is 1.11 bits per heavy atom. The van der Waals surface area contributed by atoms with Gasteiger partial charge in [-0.2, -0.15) is 0 Å². The van der Waals surface area contributed by atoms with Crippen LogP contribution in [0.5, 0.6) is 11.6 Å². The van der Waals surface area contributed by atoms with E-state index in [1.807, 2.05) is 26.0 Å². The van der Waals surface area contributed by atoms with Gasteiger partial charge < -0.3 is 29.7 Å². The van der Waals surface area contributed by atoms with Crippen LogP contribution in [0.4, 0.5) is 0 Å². The van der Waals surface area contributed by atoms with Crippen molar-refractivity contribution in [2.24, 2.45) is 17.8 Å². The van der Waals surface area contributed by atoms with E-state index in [2.05, 4.69) is 21.9 Å². The topological polar surface area (TPSA) is 178 Å². The van der Waals surface area contributed by atoms with Gasteiger partial charge in [0, 0.05) is 12.0 Å². The van der Waals surface area contributed by atoms with Crippen LogP contribution in [0.1, 0.15) is 91.2 Å². The number of carbonyl (C=O) groups excluding carboxylic acids is 3. The maximum Gasteiger partial charge on any atom is 0.259 e. The maximum atomic E-state index is 14.5. The Balaban J connectivity index is 1.20. The molecule has 3 amide bonds. The Morgan fingerprint density at radius 2 is 1.89 bits per heavy atom. The molecule has 3 saturated carbocycles. The lowest BCUT2D eigenvalue weighted by Crippen LogP contribution is -2.59. The van der Waals surface area contributed by atoms with Gasteiger partial charge in [0.15, 0.2) is 5.88 Å². The number of nitrogens with one attached hydrogen (secondary N) is 3. The van der Waals surface area contributed by atoms with Crippen LogP contribution in [-0.2, 0) is 35.6 Å². The number of amides is 3. The van der Waals surface area contributed by atoms with Gasteiger partial charge in [-0.15, -0.1) is 0 Å². The van der Waals surface area contributed by atoms with Gasteiger partial charge in [0.2, 0.25) is 27.7 Å². The number of carbonyl (C=O) groups is 3. The summed E-state index contributed by atoms with van der Waals surface area (Å²) in [7, 11) is -2.35. The van der Waals surface area contributed by atoms with Crippen molar-refractivity contribution in [3.05, 3.63) is 36.4 Å². The molecule has 0 radical (unpaired) electrons. The van der Waals surface area contributed by atoms with E-state index >= 15 is 0 Å². The number of sulfonamides is 1. The van der Waals surface area contributed by atoms with Crippen LogP contribution in [0.3, 0.4) is 0 Å². The SMILES string of the molecule is C=C1N[C@@H](C)C(=O)N2C[C@H](Oc3nc4cc(OC)ccc4nc3CCCCC[C@@H]3C[C@H]3O1)[C@@H](C)[C@H]2C(=O)N[C@]1(C(=O)NS(=O)(=O)C2(C)CC2)C[C@H]1CC. The van der Waals surface area contributed by atoms with Crippen molar-refractivity contribution < 1.29 is 37.0 Å². The standard InChI is InChI=1S/C38H52N6O8S/c1-7-25-19-38(25,36(47)43-53(48,49)37(5)15-16-37)42-33(45)32-21(2)31-20-44(32)35(46)22(3)39-23(4)51-30-17-24(30)11-9-8-10-12-28-34(52-31)41-29-18-26(50-6)13-14-27(29)40-28/h13-14,18,21-22,24-25,30-32,39H,4,7-12,15-17,19-20H2,1-3,5-6H3,(H,42,45)(H,43,47)/t21-,22+,24-,25-,30-,31+,32+,38-/m1/s1. The average molecular weight is 753 g/mol. The lowest BCUT2D eigenvalue weighted by molar-refractivity contribution is -0.141. The molecule has 3 aliphatic carbocycles. The van der Waals surface area contributed by atoms with Crippen molar-refractivity contribution in [1.82, 2.24) is 30.2 Å². The molecule has 0 unspecified atom stereocenters. The fourth-order valence-corrected chi connectivity index (χ4v) is 9.30. The van der Waals surface area contributed by atoms with Crippen molar-refractivity contribution in [2.45, 2.75) is 126 Å². The summed E-state index contributed by atoms with van der Waals surface area (Å²) in [6.07, 6.45) is 6.69. The summed E-state index contributed by atoms with van der Waals surface area (Å²) >= 11 is 0. The highest BCUT2D eigenvalue weighted by atomic mass is 32.2. The van der Waals surface area contributed by atoms with E-state index in [9.17, 15) is 22.8 Å². The molecule has 7 rings (SSSR count). The second kappa shape index (κ2) is 13.9. The third-order valence-corrected chi connectivity index (χ3v) is 14.2. The van der Waals surface area contributed by atoms with E-state index in [1.165, 1.54) is 4.90 Å². The molecular weight excluding hydrogens is 701 g/mol. The van der Waals surface area contributed by atoms with Crippen LogP contribution in [0, 0.1) is 17.8 Å². The first kappa shape index (κ1) is 37.2. The van der Waals surface area contributed by atoms with Crippen molar-refractivity contribution in [3.8, 4) is 11.6 Å². The Bertz CT molecular complexity index is 1920. The zero-order valence-electron chi connectivity index (χ0n) is 31.3. The van der Waals surface area contributed by atoms with Gasteiger partial charge in [0.25, 0.3) is 5.91 Å². The molecule has 53 heavy (non-hydrogen) atoms. The zero-order valence-corrected chi connectivity index (χ0v) is 32.1. The highest BCUT2D eigenvalue weighted by Gasteiger charge is 2.63. The monoisotopic (exact) mass is 752 g/mol. The molecule has 1 aromatic heterocycles. The number of hydrogen-bond acceptors (Lipinski definition) is 11. The van der Waals surface area contributed by atoms with Gasteiger partial charge in [-0.25, -0.2) is 18.4 Å². The summed E-state index contributed by atoms with van der Waals surface area (Å²) in [5, 5.41) is 6.03. The first-order chi connectivity index (χ1) is 25.2. The second-order valence-electron chi connectivity index (χ2n) is 16.0. The summed E-state index contributed by atoms with van der Waals surface area (Å²) < 4.78 is 45.6. The van der Waals surface area contributed by atoms with Gasteiger partial charge in [0.05, 0.1) is 29.4 Å². The lowest BCUT2D eigenvalue weighted by Gasteiger charge is -2.30. The summed E-state index contributed by atoms with van der Waals surface area (Å²) in [6.45, 7) is 11.1.